The molecule has 0 bridgehead atoms. The topological polar surface area (TPSA) is 251 Å². The van der Waals surface area contributed by atoms with Crippen LogP contribution in [0.2, 0.25) is 0 Å². The van der Waals surface area contributed by atoms with Crippen molar-refractivity contribution in [3.8, 4) is 5.88 Å². The van der Waals surface area contributed by atoms with Gasteiger partial charge in [-0.25, -0.2) is 14.9 Å². The second-order valence-corrected chi connectivity index (χ2v) is 13.4. The number of fused-ring (bicyclic) bond motifs is 1. The number of anilines is 1. The number of esters is 1. The molecule has 0 unspecified atom stereocenters. The van der Waals surface area contributed by atoms with E-state index in [2.05, 4.69) is 35.4 Å². The molecule has 220 valence electrons. The summed E-state index contributed by atoms with van der Waals surface area (Å²) in [6.07, 6.45) is -2.71. The first-order chi connectivity index (χ1) is 18.8. The Kier molecular flexibility index (Phi) is 8.55. The highest BCUT2D eigenvalue weighted by molar-refractivity contribution is 8.56. The number of nitrogens with zero attached hydrogens (tertiary/aromatic N) is 4. The molecule has 20 heteroatoms. The third-order valence-electron chi connectivity index (χ3n) is 6.19. The fraction of sp³-hybridized carbons (Fsp3) is 0.600. The van der Waals surface area contributed by atoms with Crippen LogP contribution >= 0.6 is 18.1 Å². The molecular weight excluding hydrogens is 575 g/mol. The lowest BCUT2D eigenvalue weighted by molar-refractivity contribution is -0.142. The van der Waals surface area contributed by atoms with Crippen molar-refractivity contribution in [1.82, 2.24) is 35.2 Å². The number of carbonyl (C=O) groups is 3. The number of rotatable bonds is 11. The summed E-state index contributed by atoms with van der Waals surface area (Å²) < 4.78 is 36.5. The number of hydrogen-bond acceptors (Lipinski definition) is 15. The number of carbonyl (C=O) groups excluding carboxylic acids is 3. The summed E-state index contributed by atoms with van der Waals surface area (Å²) in [5.74, 6) is -1.56. The monoisotopic (exact) mass is 604 g/mol. The average molecular weight is 605 g/mol. The molecular formula is C20H29N8O10PS. The fourth-order valence-corrected chi connectivity index (χ4v) is 7.96. The number of imidazole rings is 1. The Labute approximate surface area is 230 Å². The molecule has 2 aliphatic heterocycles. The van der Waals surface area contributed by atoms with E-state index in [9.17, 15) is 29.2 Å². The Balaban J connectivity index is 1.53. The summed E-state index contributed by atoms with van der Waals surface area (Å²) in [4.78, 5) is 47.6. The summed E-state index contributed by atoms with van der Waals surface area (Å²) in [6, 6.07) is -2.78. The number of ether oxygens (including phenoxy) is 3. The van der Waals surface area contributed by atoms with Gasteiger partial charge < -0.3 is 40.0 Å². The van der Waals surface area contributed by atoms with Crippen molar-refractivity contribution in [3.05, 3.63) is 6.33 Å². The van der Waals surface area contributed by atoms with Crippen molar-refractivity contribution in [2.45, 2.75) is 50.0 Å². The van der Waals surface area contributed by atoms with Crippen LogP contribution in [0.3, 0.4) is 0 Å². The molecule has 7 atom stereocenters. The van der Waals surface area contributed by atoms with Gasteiger partial charge in [0, 0.05) is 5.75 Å². The highest BCUT2D eigenvalue weighted by Crippen LogP contribution is 2.57. The molecule has 0 aromatic carbocycles. The zero-order chi connectivity index (χ0) is 29.4. The van der Waals surface area contributed by atoms with Crippen LogP contribution in [0.5, 0.6) is 5.88 Å². The van der Waals surface area contributed by atoms with Gasteiger partial charge in [-0.15, -0.1) is 0 Å². The molecule has 40 heavy (non-hydrogen) atoms. The highest BCUT2D eigenvalue weighted by atomic mass is 32.7. The first kappa shape index (κ1) is 29.9. The SMILES string of the molecule is COC(=O)[C@@H](C)N[P@](=O)(OC[C@H]1O[C@@H](n2cnc3c(OC)nc(N)nc32)[C@](C)(O)[C@@H]1O)SC[C@H]1NC(=O)NC1=O. The standard InChI is InChI=1S/C20H29N8O10PS/c1-8(16(31)36-4)27-39(34,40-6-9-14(30)25-19(32)23-9)37-5-10-12(29)20(2,33)17(38-10)28-7-22-11-13(28)24-18(21)26-15(11)35-3/h7-10,12,17,29,33H,5-6H2,1-4H3,(H,27,34)(H2,21,24,26)(H2,23,25,30,32)/t8-,9-,10-,12-,17-,20-,39+/m1/s1. The second-order valence-electron chi connectivity index (χ2n) is 9.09. The van der Waals surface area contributed by atoms with E-state index in [0.29, 0.717) is 11.4 Å². The van der Waals surface area contributed by atoms with Crippen LogP contribution in [0.25, 0.3) is 11.2 Å². The minimum Gasteiger partial charge on any atom is -0.479 e. The van der Waals surface area contributed by atoms with Gasteiger partial charge >= 0.3 is 18.7 Å². The number of aromatic nitrogens is 4. The number of urea groups is 1. The molecule has 2 saturated heterocycles. The minimum atomic E-state index is -4.01. The number of hydrogen-bond donors (Lipinski definition) is 6. The molecule has 2 aliphatic rings. The number of nitrogens with one attached hydrogen (secondary N) is 3. The van der Waals surface area contributed by atoms with Crippen LogP contribution in [0, 0.1) is 0 Å². The van der Waals surface area contributed by atoms with Gasteiger partial charge in [0.05, 0.1) is 27.2 Å². The van der Waals surface area contributed by atoms with Gasteiger partial charge in [-0.05, 0) is 13.8 Å². The Morgan fingerprint density at radius 2 is 2.12 bits per heavy atom. The Hall–Kier alpha value is -3.06. The zero-order valence-corrected chi connectivity index (χ0v) is 23.5. The summed E-state index contributed by atoms with van der Waals surface area (Å²) in [7, 11) is 2.52. The molecule has 7 N–H and O–H groups in total. The predicted molar refractivity (Wildman–Crippen MR) is 138 cm³/mol. The van der Waals surface area contributed by atoms with E-state index in [1.165, 1.54) is 31.9 Å². The van der Waals surface area contributed by atoms with Gasteiger partial charge in [0.2, 0.25) is 11.8 Å². The van der Waals surface area contributed by atoms with Crippen molar-refractivity contribution in [1.29, 1.82) is 0 Å². The summed E-state index contributed by atoms with van der Waals surface area (Å²) >= 11 is 0.653. The van der Waals surface area contributed by atoms with Gasteiger partial charge in [0.1, 0.15) is 29.9 Å². The third kappa shape index (κ3) is 5.85. The summed E-state index contributed by atoms with van der Waals surface area (Å²) in [5, 5.41) is 29.1. The van der Waals surface area contributed by atoms with E-state index in [4.69, 9.17) is 19.7 Å². The molecule has 2 aromatic heterocycles. The lowest BCUT2D eigenvalue weighted by Gasteiger charge is -2.27. The predicted octanol–water partition coefficient (Wildman–Crippen LogP) is -1.36. The first-order valence-corrected chi connectivity index (χ1v) is 15.0. The molecule has 4 rings (SSSR count). The maximum Gasteiger partial charge on any atom is 0.327 e. The third-order valence-corrected chi connectivity index (χ3v) is 10.3. The molecule has 0 saturated carbocycles. The van der Waals surface area contributed by atoms with E-state index in [1.807, 2.05) is 0 Å². The number of aliphatic hydroxyl groups is 2. The van der Waals surface area contributed by atoms with E-state index in [-0.39, 0.29) is 28.7 Å². The van der Waals surface area contributed by atoms with Crippen LogP contribution in [-0.4, -0.2) is 104 Å². The van der Waals surface area contributed by atoms with Gasteiger partial charge in [0.15, 0.2) is 17.4 Å². The average Bonchev–Trinajstić information content (AvgIpc) is 3.53. The largest absolute Gasteiger partial charge is 0.479 e. The van der Waals surface area contributed by atoms with Gasteiger partial charge in [-0.1, -0.05) is 11.4 Å². The molecule has 0 aliphatic carbocycles. The summed E-state index contributed by atoms with van der Waals surface area (Å²) in [6.45, 7) is -1.82. The Morgan fingerprint density at radius 1 is 1.40 bits per heavy atom. The van der Waals surface area contributed by atoms with Gasteiger partial charge in [-0.2, -0.15) is 9.97 Å². The van der Waals surface area contributed by atoms with E-state index < -0.39 is 67.4 Å². The zero-order valence-electron chi connectivity index (χ0n) is 21.8. The fourth-order valence-electron chi connectivity index (χ4n) is 4.10. The highest BCUT2D eigenvalue weighted by Gasteiger charge is 2.54. The Morgan fingerprint density at radius 3 is 2.75 bits per heavy atom. The number of aliphatic hydroxyl groups excluding tert-OH is 1. The maximum atomic E-state index is 13.7. The molecule has 18 nitrogen and oxygen atoms in total. The smallest absolute Gasteiger partial charge is 0.327 e. The molecule has 4 heterocycles. The molecule has 0 radical (unpaired) electrons. The van der Waals surface area contributed by atoms with Crippen LogP contribution in [0.1, 0.15) is 20.1 Å². The minimum absolute atomic E-state index is 0.0928. The van der Waals surface area contributed by atoms with Crippen LogP contribution in [-0.2, 0) is 28.2 Å². The number of imide groups is 1. The molecule has 2 fully saturated rings. The molecule has 0 spiro atoms. The van der Waals surface area contributed by atoms with Crippen molar-refractivity contribution in [3.63, 3.8) is 0 Å². The Bertz CT molecular complexity index is 1360. The lowest BCUT2D eigenvalue weighted by Crippen LogP contribution is -2.44. The van der Waals surface area contributed by atoms with Crippen molar-refractivity contribution >= 4 is 53.1 Å². The van der Waals surface area contributed by atoms with Crippen molar-refractivity contribution in [2.24, 2.45) is 0 Å². The maximum absolute atomic E-state index is 13.7. The second kappa shape index (κ2) is 11.4. The number of nitrogen functional groups attached to an aromatic ring is 1. The van der Waals surface area contributed by atoms with E-state index in [1.54, 1.807) is 0 Å². The normalized spacial score (nSPS) is 28.6. The first-order valence-electron chi connectivity index (χ1n) is 11.8. The van der Waals surface area contributed by atoms with Crippen molar-refractivity contribution in [2.75, 3.05) is 32.3 Å². The number of nitrogens with two attached hydrogens (primary N) is 1. The quantitative estimate of drug-likeness (QED) is 0.0984. The molecule has 2 aromatic rings. The van der Waals surface area contributed by atoms with Gasteiger partial charge in [-0.3, -0.25) is 24.0 Å². The number of methoxy groups -OCH3 is 2. The van der Waals surface area contributed by atoms with Crippen LogP contribution < -0.4 is 26.2 Å². The number of amides is 3. The van der Waals surface area contributed by atoms with E-state index in [0.717, 1.165) is 7.11 Å². The van der Waals surface area contributed by atoms with Crippen LogP contribution in [0.15, 0.2) is 6.33 Å². The van der Waals surface area contributed by atoms with Crippen molar-refractivity contribution < 1.29 is 47.9 Å². The van der Waals surface area contributed by atoms with Gasteiger partial charge in [0.25, 0.3) is 5.91 Å². The summed E-state index contributed by atoms with van der Waals surface area (Å²) in [5.41, 5.74) is 4.25. The van der Waals surface area contributed by atoms with Crippen LogP contribution in [0.4, 0.5) is 10.7 Å². The van der Waals surface area contributed by atoms with E-state index >= 15 is 0 Å². The lowest BCUT2D eigenvalue weighted by atomic mass is 9.96. The molecule has 3 amide bonds.